The lowest BCUT2D eigenvalue weighted by Gasteiger charge is -2.34. The number of amides is 1. The molecule has 1 aliphatic heterocycles. The normalized spacial score (nSPS) is 17.2. The van der Waals surface area contributed by atoms with E-state index in [0.717, 1.165) is 43.0 Å². The Labute approximate surface area is 167 Å². The molecule has 1 aromatic rings. The molecule has 2 N–H and O–H groups in total. The van der Waals surface area contributed by atoms with Crippen molar-refractivity contribution in [2.45, 2.75) is 46.1 Å². The van der Waals surface area contributed by atoms with Crippen LogP contribution in [-0.2, 0) is 20.9 Å². The number of rotatable bonds is 7. The van der Waals surface area contributed by atoms with Crippen molar-refractivity contribution in [1.29, 1.82) is 0 Å². The molecule has 1 heterocycles. The summed E-state index contributed by atoms with van der Waals surface area (Å²) in [5.74, 6) is 0.603. The summed E-state index contributed by atoms with van der Waals surface area (Å²) < 4.78 is 5.17. The summed E-state index contributed by atoms with van der Waals surface area (Å²) >= 11 is 0. The van der Waals surface area contributed by atoms with Crippen molar-refractivity contribution in [2.24, 2.45) is 10.9 Å². The number of carbonyl (C=O) groups is 2. The Morgan fingerprint density at radius 2 is 2.00 bits per heavy atom. The van der Waals surface area contributed by atoms with Gasteiger partial charge in [0.1, 0.15) is 0 Å². The third-order valence-corrected chi connectivity index (χ3v) is 4.72. The van der Waals surface area contributed by atoms with Gasteiger partial charge in [0.25, 0.3) is 0 Å². The van der Waals surface area contributed by atoms with E-state index >= 15 is 0 Å². The highest BCUT2D eigenvalue weighted by Gasteiger charge is 2.28. The van der Waals surface area contributed by atoms with E-state index in [1.165, 1.54) is 0 Å². The van der Waals surface area contributed by atoms with E-state index in [1.807, 2.05) is 38.1 Å². The van der Waals surface area contributed by atoms with Crippen molar-refractivity contribution in [3.05, 3.63) is 29.8 Å². The van der Waals surface area contributed by atoms with E-state index in [4.69, 9.17) is 4.74 Å². The SMILES string of the molecule is CCCC(=O)Nc1ccc(CNC(=NC)N2CCCC(C(=O)OCC)C2)cc1. The van der Waals surface area contributed by atoms with Gasteiger partial charge in [0.15, 0.2) is 5.96 Å². The molecular formula is C21H32N4O3. The molecular weight excluding hydrogens is 356 g/mol. The lowest BCUT2D eigenvalue weighted by molar-refractivity contribution is -0.149. The maximum atomic E-state index is 12.0. The van der Waals surface area contributed by atoms with E-state index in [2.05, 4.69) is 20.5 Å². The standard InChI is InChI=1S/C21H32N4O3/c1-4-7-19(26)24-18-11-9-16(10-12-18)14-23-21(22-3)25-13-6-8-17(15-25)20(27)28-5-2/h9-12,17H,4-8,13-15H2,1-3H3,(H,22,23)(H,24,26). The largest absolute Gasteiger partial charge is 0.466 e. The first kappa shape index (κ1) is 21.7. The Morgan fingerprint density at radius 1 is 1.25 bits per heavy atom. The van der Waals surface area contributed by atoms with Gasteiger partial charge >= 0.3 is 5.97 Å². The monoisotopic (exact) mass is 388 g/mol. The molecule has 1 fully saturated rings. The first-order chi connectivity index (χ1) is 13.6. The van der Waals surface area contributed by atoms with Crippen LogP contribution in [-0.4, -0.2) is 49.5 Å². The molecule has 1 atom stereocenters. The maximum Gasteiger partial charge on any atom is 0.310 e. The fourth-order valence-electron chi connectivity index (χ4n) is 3.29. The van der Waals surface area contributed by atoms with Crippen LogP contribution in [0.15, 0.2) is 29.3 Å². The molecule has 1 unspecified atom stereocenters. The molecule has 7 nitrogen and oxygen atoms in total. The second kappa shape index (κ2) is 11.3. The van der Waals surface area contributed by atoms with E-state index in [0.29, 0.717) is 26.1 Å². The number of hydrogen-bond acceptors (Lipinski definition) is 4. The van der Waals surface area contributed by atoms with Gasteiger partial charge in [-0.3, -0.25) is 14.6 Å². The smallest absolute Gasteiger partial charge is 0.310 e. The van der Waals surface area contributed by atoms with Crippen LogP contribution in [0.2, 0.25) is 0 Å². The van der Waals surface area contributed by atoms with Gasteiger partial charge in [0.2, 0.25) is 5.91 Å². The van der Waals surface area contributed by atoms with Crippen LogP contribution in [0.1, 0.15) is 45.1 Å². The number of esters is 1. The summed E-state index contributed by atoms with van der Waals surface area (Å²) in [6.07, 6.45) is 3.16. The number of nitrogens with one attached hydrogen (secondary N) is 2. The number of aliphatic imine (C=N–C) groups is 1. The maximum absolute atomic E-state index is 12.0. The topological polar surface area (TPSA) is 83.0 Å². The van der Waals surface area contributed by atoms with Crippen LogP contribution < -0.4 is 10.6 Å². The highest BCUT2D eigenvalue weighted by Crippen LogP contribution is 2.18. The molecule has 0 bridgehead atoms. The molecule has 1 aliphatic rings. The van der Waals surface area contributed by atoms with Crippen LogP contribution in [0.25, 0.3) is 0 Å². The average molecular weight is 389 g/mol. The molecule has 1 saturated heterocycles. The van der Waals surface area contributed by atoms with E-state index in [-0.39, 0.29) is 17.8 Å². The van der Waals surface area contributed by atoms with Crippen molar-refractivity contribution in [3.8, 4) is 0 Å². The van der Waals surface area contributed by atoms with Crippen molar-refractivity contribution < 1.29 is 14.3 Å². The molecule has 2 rings (SSSR count). The Kier molecular flexibility index (Phi) is 8.78. The van der Waals surface area contributed by atoms with Gasteiger partial charge in [-0.05, 0) is 43.9 Å². The first-order valence-corrected chi connectivity index (χ1v) is 10.1. The number of benzene rings is 1. The minimum absolute atomic E-state index is 0.0371. The Balaban J connectivity index is 1.87. The van der Waals surface area contributed by atoms with Crippen LogP contribution in [0.4, 0.5) is 5.69 Å². The zero-order chi connectivity index (χ0) is 20.4. The fraction of sp³-hybridized carbons (Fsp3) is 0.571. The summed E-state index contributed by atoms with van der Waals surface area (Å²) in [5.41, 5.74) is 1.90. The predicted octanol–water partition coefficient (Wildman–Crippen LogP) is 2.78. The number of carbonyl (C=O) groups excluding carboxylic acids is 2. The Bertz CT molecular complexity index is 673. The highest BCUT2D eigenvalue weighted by atomic mass is 16.5. The van der Waals surface area contributed by atoms with Crippen LogP contribution >= 0.6 is 0 Å². The zero-order valence-electron chi connectivity index (χ0n) is 17.2. The zero-order valence-corrected chi connectivity index (χ0v) is 17.2. The summed E-state index contributed by atoms with van der Waals surface area (Å²) in [6, 6.07) is 7.79. The summed E-state index contributed by atoms with van der Waals surface area (Å²) in [6.45, 7) is 6.35. The number of ether oxygens (including phenoxy) is 1. The van der Waals surface area contributed by atoms with Crippen LogP contribution in [0.5, 0.6) is 0 Å². The molecule has 1 amide bonds. The number of piperidine rings is 1. The number of likely N-dealkylation sites (tertiary alicyclic amines) is 1. The minimum Gasteiger partial charge on any atom is -0.466 e. The summed E-state index contributed by atoms with van der Waals surface area (Å²) in [4.78, 5) is 30.2. The fourth-order valence-corrected chi connectivity index (χ4v) is 3.29. The quantitative estimate of drug-likeness (QED) is 0.426. The lowest BCUT2D eigenvalue weighted by atomic mass is 9.98. The van der Waals surface area contributed by atoms with Crippen molar-refractivity contribution in [2.75, 3.05) is 32.1 Å². The number of nitrogens with zero attached hydrogens (tertiary/aromatic N) is 2. The van der Waals surface area contributed by atoms with E-state index in [1.54, 1.807) is 7.05 Å². The van der Waals surface area contributed by atoms with E-state index < -0.39 is 0 Å². The van der Waals surface area contributed by atoms with Crippen LogP contribution in [0.3, 0.4) is 0 Å². The molecule has 154 valence electrons. The second-order valence-corrected chi connectivity index (χ2v) is 6.93. The molecule has 0 saturated carbocycles. The molecule has 0 aromatic heterocycles. The van der Waals surface area contributed by atoms with Crippen molar-refractivity contribution >= 4 is 23.5 Å². The van der Waals surface area contributed by atoms with Crippen molar-refractivity contribution in [1.82, 2.24) is 10.2 Å². The molecule has 0 aliphatic carbocycles. The molecule has 28 heavy (non-hydrogen) atoms. The number of hydrogen-bond donors (Lipinski definition) is 2. The average Bonchev–Trinajstić information content (AvgIpc) is 2.70. The second-order valence-electron chi connectivity index (χ2n) is 6.93. The van der Waals surface area contributed by atoms with Gasteiger partial charge in [-0.1, -0.05) is 19.1 Å². The minimum atomic E-state index is -0.122. The summed E-state index contributed by atoms with van der Waals surface area (Å²) in [7, 11) is 1.75. The molecule has 7 heteroatoms. The third kappa shape index (κ3) is 6.55. The molecule has 1 aromatic carbocycles. The molecule has 0 spiro atoms. The highest BCUT2D eigenvalue weighted by molar-refractivity contribution is 5.90. The van der Waals surface area contributed by atoms with Gasteiger partial charge in [-0.25, -0.2) is 0 Å². The van der Waals surface area contributed by atoms with Crippen molar-refractivity contribution in [3.63, 3.8) is 0 Å². The van der Waals surface area contributed by atoms with Gasteiger partial charge in [0, 0.05) is 38.8 Å². The Morgan fingerprint density at radius 3 is 2.64 bits per heavy atom. The third-order valence-electron chi connectivity index (χ3n) is 4.72. The van der Waals surface area contributed by atoms with Crippen LogP contribution in [0, 0.1) is 5.92 Å². The molecule has 0 radical (unpaired) electrons. The van der Waals surface area contributed by atoms with E-state index in [9.17, 15) is 9.59 Å². The van der Waals surface area contributed by atoms with Gasteiger partial charge in [-0.2, -0.15) is 0 Å². The lowest BCUT2D eigenvalue weighted by Crippen LogP contribution is -2.48. The first-order valence-electron chi connectivity index (χ1n) is 10.1. The Hall–Kier alpha value is -2.57. The number of guanidine groups is 1. The predicted molar refractivity (Wildman–Crippen MR) is 111 cm³/mol. The summed E-state index contributed by atoms with van der Waals surface area (Å²) in [5, 5.41) is 6.25. The van der Waals surface area contributed by atoms with Gasteiger partial charge < -0.3 is 20.3 Å². The van der Waals surface area contributed by atoms with Gasteiger partial charge in [-0.15, -0.1) is 0 Å². The number of anilines is 1. The van der Waals surface area contributed by atoms with Gasteiger partial charge in [0.05, 0.1) is 12.5 Å².